The lowest BCUT2D eigenvalue weighted by Crippen LogP contribution is -2.47. The number of nitrogens with one attached hydrogen (secondary N) is 1. The van der Waals surface area contributed by atoms with Crippen molar-refractivity contribution in [2.24, 2.45) is 0 Å². The number of phosphoric acid groups is 1. The van der Waals surface area contributed by atoms with Gasteiger partial charge in [0.1, 0.15) is 19.3 Å². The normalized spacial score (nSPS) is 14.0. The first kappa shape index (κ1) is 85.9. The van der Waals surface area contributed by atoms with Gasteiger partial charge in [0, 0.05) is 12.8 Å². The number of allylic oxidation sites excluding steroid dienone is 15. The average molecular weight is 1260 g/mol. The highest BCUT2D eigenvalue weighted by molar-refractivity contribution is 7.45. The van der Waals surface area contributed by atoms with Gasteiger partial charge in [0.15, 0.2) is 0 Å². The van der Waals surface area contributed by atoms with Gasteiger partial charge in [-0.3, -0.25) is 14.2 Å². The molecule has 89 heavy (non-hydrogen) atoms. The van der Waals surface area contributed by atoms with E-state index in [0.29, 0.717) is 17.4 Å². The van der Waals surface area contributed by atoms with Crippen molar-refractivity contribution in [1.82, 2.24) is 5.32 Å². The van der Waals surface area contributed by atoms with Crippen molar-refractivity contribution < 1.29 is 37.3 Å². The number of esters is 1. The zero-order valence-electron chi connectivity index (χ0n) is 59.1. The summed E-state index contributed by atoms with van der Waals surface area (Å²) in [6, 6.07) is -0.898. The maximum Gasteiger partial charge on any atom is 0.306 e. The molecule has 10 heteroatoms. The molecule has 0 radical (unpaired) electrons. The highest BCUT2D eigenvalue weighted by Crippen LogP contribution is 2.38. The third kappa shape index (κ3) is 69.1. The second-order valence-corrected chi connectivity index (χ2v) is 27.8. The number of rotatable bonds is 68. The zero-order valence-corrected chi connectivity index (χ0v) is 60.0. The molecule has 3 unspecified atom stereocenters. The van der Waals surface area contributed by atoms with Crippen LogP contribution in [0.3, 0.4) is 0 Å². The summed E-state index contributed by atoms with van der Waals surface area (Å²) in [6.45, 7) is 6.76. The first-order chi connectivity index (χ1) is 43.4. The van der Waals surface area contributed by atoms with Crippen molar-refractivity contribution in [1.29, 1.82) is 0 Å². The van der Waals surface area contributed by atoms with Crippen molar-refractivity contribution in [2.45, 2.75) is 354 Å². The number of carbonyl (C=O) groups excluding carboxylic acids is 2. The van der Waals surface area contributed by atoms with Gasteiger partial charge >= 0.3 is 5.97 Å². The molecule has 1 N–H and O–H groups in total. The number of hydrogen-bond acceptors (Lipinski definition) is 7. The second-order valence-electron chi connectivity index (χ2n) is 26.4. The van der Waals surface area contributed by atoms with Crippen LogP contribution >= 0.6 is 7.82 Å². The van der Waals surface area contributed by atoms with Crippen molar-refractivity contribution in [2.75, 3.05) is 40.9 Å². The lowest BCUT2D eigenvalue weighted by atomic mass is 10.0. The summed E-state index contributed by atoms with van der Waals surface area (Å²) in [6.07, 6.45) is 92.5. The average Bonchev–Trinajstić information content (AvgIpc) is 3.63. The molecule has 0 aromatic carbocycles. The predicted molar refractivity (Wildman–Crippen MR) is 385 cm³/mol. The number of phosphoric ester groups is 1. The molecule has 3 atom stereocenters. The van der Waals surface area contributed by atoms with Crippen molar-refractivity contribution >= 4 is 19.7 Å². The van der Waals surface area contributed by atoms with Crippen LogP contribution in [0.5, 0.6) is 0 Å². The Balaban J connectivity index is 5.07. The third-order valence-electron chi connectivity index (χ3n) is 16.5. The molecule has 0 saturated carbocycles. The first-order valence-corrected chi connectivity index (χ1v) is 39.0. The van der Waals surface area contributed by atoms with E-state index >= 15 is 0 Å². The van der Waals surface area contributed by atoms with Gasteiger partial charge in [0.05, 0.1) is 33.8 Å². The minimum Gasteiger partial charge on any atom is -0.756 e. The molecule has 0 rings (SSSR count). The summed E-state index contributed by atoms with van der Waals surface area (Å²) in [5.74, 6) is -0.543. The number of hydrogen-bond donors (Lipinski definition) is 1. The Bertz CT molecular complexity index is 1840. The summed E-state index contributed by atoms with van der Waals surface area (Å²) in [7, 11) is 1.18. The molecule has 0 aromatic heterocycles. The topological polar surface area (TPSA) is 114 Å². The molecule has 516 valence electrons. The van der Waals surface area contributed by atoms with E-state index in [1.807, 2.05) is 33.3 Å². The smallest absolute Gasteiger partial charge is 0.306 e. The van der Waals surface area contributed by atoms with Gasteiger partial charge in [-0.05, 0) is 109 Å². The van der Waals surface area contributed by atoms with E-state index in [4.69, 9.17) is 13.8 Å². The van der Waals surface area contributed by atoms with Crippen LogP contribution in [-0.4, -0.2) is 69.4 Å². The van der Waals surface area contributed by atoms with Gasteiger partial charge in [0.25, 0.3) is 7.82 Å². The number of ether oxygens (including phenoxy) is 1. The summed E-state index contributed by atoms with van der Waals surface area (Å²) in [5, 5.41) is 3.05. The van der Waals surface area contributed by atoms with Crippen LogP contribution in [0.2, 0.25) is 0 Å². The van der Waals surface area contributed by atoms with E-state index in [-0.39, 0.29) is 24.9 Å². The molecule has 0 fully saturated rings. The quantitative estimate of drug-likeness (QED) is 0.0212. The Labute approximate surface area is 551 Å². The number of quaternary nitrogens is 1. The Kier molecular flexibility index (Phi) is 65.5. The molecule has 0 aliphatic rings. The summed E-state index contributed by atoms with van der Waals surface area (Å²) in [4.78, 5) is 40.3. The van der Waals surface area contributed by atoms with Crippen LogP contribution in [0.4, 0.5) is 0 Å². The molecule has 9 nitrogen and oxygen atoms in total. The molecule has 0 aliphatic heterocycles. The number of likely N-dealkylation sites (N-methyl/N-ethyl adjacent to an activating group) is 1. The van der Waals surface area contributed by atoms with E-state index in [1.54, 1.807) is 0 Å². The van der Waals surface area contributed by atoms with Crippen LogP contribution < -0.4 is 10.2 Å². The van der Waals surface area contributed by atoms with Crippen LogP contribution in [0.15, 0.2) is 97.2 Å². The molecule has 0 heterocycles. The molecule has 0 aromatic rings. The maximum absolute atomic E-state index is 13.6. The molecular formula is C79H143N2O7P. The fourth-order valence-electron chi connectivity index (χ4n) is 10.8. The van der Waals surface area contributed by atoms with E-state index < -0.39 is 26.6 Å². The zero-order chi connectivity index (χ0) is 64.9. The highest BCUT2D eigenvalue weighted by atomic mass is 31.2. The molecule has 0 aliphatic carbocycles. The minimum absolute atomic E-state index is 0.0263. The standard InChI is InChI=1S/C79H143N2O7P/c1-7-10-13-16-19-22-25-28-30-32-34-36-38-39-40-41-43-45-47-49-51-54-57-60-63-66-69-72-79(83)88-77(70-67-64-61-58-55-52-27-24-21-18-15-12-9-3)76(75-87-89(84,85)86-74-73-81(4,5)6)80-78(82)71-68-65-62-59-56-53-50-48-46-44-42-37-35-33-31-29-26-23-20-17-14-11-8-2/h10,13,19,22,28-31,34,36,39-40,43,45,67,70,76-77H,7-9,11-12,14-18,20-21,23-27,32-33,35,37-38,41-42,44,46-66,68-69,71-75H2,1-6H3,(H-,80,82,84,85)/b13-10-,22-19-,30-28-,31-29+,36-34-,40-39-,45-43-,70-67+. The number of unbranched alkanes of at least 4 members (excludes halogenated alkanes) is 38. The fourth-order valence-corrected chi connectivity index (χ4v) is 11.5. The highest BCUT2D eigenvalue weighted by Gasteiger charge is 2.27. The molecule has 0 bridgehead atoms. The van der Waals surface area contributed by atoms with Gasteiger partial charge < -0.3 is 28.5 Å². The van der Waals surface area contributed by atoms with Crippen molar-refractivity contribution in [3.63, 3.8) is 0 Å². The van der Waals surface area contributed by atoms with Gasteiger partial charge in [-0.1, -0.05) is 317 Å². The lowest BCUT2D eigenvalue weighted by molar-refractivity contribution is -0.870. The Morgan fingerprint density at radius 1 is 0.404 bits per heavy atom. The monoisotopic (exact) mass is 1260 g/mol. The fraction of sp³-hybridized carbons (Fsp3) is 0.772. The molecular weight excluding hydrogens is 1120 g/mol. The number of carbonyl (C=O) groups is 2. The Morgan fingerprint density at radius 2 is 0.719 bits per heavy atom. The van der Waals surface area contributed by atoms with Crippen molar-refractivity contribution in [3.05, 3.63) is 97.2 Å². The second kappa shape index (κ2) is 67.8. The van der Waals surface area contributed by atoms with E-state index in [0.717, 1.165) is 109 Å². The van der Waals surface area contributed by atoms with Gasteiger partial charge in [0.2, 0.25) is 5.91 Å². The number of amides is 1. The van der Waals surface area contributed by atoms with Gasteiger partial charge in [-0.15, -0.1) is 0 Å². The Morgan fingerprint density at radius 3 is 1.09 bits per heavy atom. The van der Waals surface area contributed by atoms with E-state index in [2.05, 4.69) is 111 Å². The van der Waals surface area contributed by atoms with Crippen LogP contribution in [0, 0.1) is 0 Å². The molecule has 0 saturated heterocycles. The summed E-state index contributed by atoms with van der Waals surface area (Å²) in [5.41, 5.74) is 0. The van der Waals surface area contributed by atoms with Crippen molar-refractivity contribution in [3.8, 4) is 0 Å². The largest absolute Gasteiger partial charge is 0.756 e. The van der Waals surface area contributed by atoms with Crippen LogP contribution in [0.1, 0.15) is 342 Å². The first-order valence-electron chi connectivity index (χ1n) is 37.5. The predicted octanol–water partition coefficient (Wildman–Crippen LogP) is 23.6. The molecule has 1 amide bonds. The van der Waals surface area contributed by atoms with E-state index in [1.165, 1.54) is 199 Å². The maximum atomic E-state index is 13.6. The minimum atomic E-state index is -4.71. The third-order valence-corrected chi connectivity index (χ3v) is 17.5. The van der Waals surface area contributed by atoms with Gasteiger partial charge in [-0.25, -0.2) is 0 Å². The van der Waals surface area contributed by atoms with Crippen LogP contribution in [0.25, 0.3) is 0 Å². The summed E-state index contributed by atoms with van der Waals surface area (Å²) >= 11 is 0. The molecule has 0 spiro atoms. The number of nitrogens with zero attached hydrogens (tertiary/aromatic N) is 1. The SMILES string of the molecule is CC/C=C\C/C=C\C/C=C\C/C=C\C/C=C\C/C=C\CCCCCCCCCCC(=O)OC(/C=C/CCCCCCCCCCCCC)C(COP(=O)([O-])OCC[N+](C)(C)C)NC(=O)CCCCCCCCCCCCCCC/C=C/CCCCCCCC. The van der Waals surface area contributed by atoms with Crippen LogP contribution in [-0.2, 0) is 27.9 Å². The lowest BCUT2D eigenvalue weighted by Gasteiger charge is -2.30. The van der Waals surface area contributed by atoms with E-state index in [9.17, 15) is 19.0 Å². The Hall–Kier alpha value is -3.07. The summed E-state index contributed by atoms with van der Waals surface area (Å²) < 4.78 is 30.5. The van der Waals surface area contributed by atoms with Gasteiger partial charge in [-0.2, -0.15) is 0 Å².